The number of aromatic nitrogens is 3. The van der Waals surface area contributed by atoms with Gasteiger partial charge in [-0.1, -0.05) is 20.8 Å². The van der Waals surface area contributed by atoms with Crippen molar-refractivity contribution < 1.29 is 0 Å². The summed E-state index contributed by atoms with van der Waals surface area (Å²) in [4.78, 5) is 4.38. The van der Waals surface area contributed by atoms with Crippen molar-refractivity contribution in [2.45, 2.75) is 33.1 Å². The summed E-state index contributed by atoms with van der Waals surface area (Å²) in [5.74, 6) is 2.48. The first-order valence-corrected chi connectivity index (χ1v) is 4.05. The number of aryl methyl sites for hydroxylation is 2. The summed E-state index contributed by atoms with van der Waals surface area (Å²) < 4.78 is 1.86. The Hall–Kier alpha value is -0.860. The van der Waals surface area contributed by atoms with Gasteiger partial charge in [-0.15, -0.1) is 0 Å². The van der Waals surface area contributed by atoms with E-state index < -0.39 is 0 Å². The Morgan fingerprint density at radius 2 is 2.09 bits per heavy atom. The molecular weight excluding hydrogens is 138 g/mol. The number of hydrogen-bond donors (Lipinski definition) is 0. The standard InChI is InChI=1S/C8H15N3/c1-5-7-9-8(6(2)3)11(4)10-7/h6H,5H2,1-4H3. The van der Waals surface area contributed by atoms with E-state index in [9.17, 15) is 0 Å². The van der Waals surface area contributed by atoms with Gasteiger partial charge in [-0.2, -0.15) is 5.10 Å². The van der Waals surface area contributed by atoms with Gasteiger partial charge < -0.3 is 0 Å². The maximum absolute atomic E-state index is 4.38. The number of hydrogen-bond acceptors (Lipinski definition) is 2. The summed E-state index contributed by atoms with van der Waals surface area (Å²) >= 11 is 0. The van der Waals surface area contributed by atoms with Gasteiger partial charge in [0.2, 0.25) is 0 Å². The summed E-state index contributed by atoms with van der Waals surface area (Å²) in [7, 11) is 1.95. The first-order chi connectivity index (χ1) is 5.15. The Bertz CT molecular complexity index is 237. The van der Waals surface area contributed by atoms with Crippen molar-refractivity contribution in [1.29, 1.82) is 0 Å². The summed E-state index contributed by atoms with van der Waals surface area (Å²) in [6.45, 7) is 6.33. The molecule has 3 heteroatoms. The van der Waals surface area contributed by atoms with E-state index in [4.69, 9.17) is 0 Å². The third-order valence-electron chi connectivity index (χ3n) is 1.67. The van der Waals surface area contributed by atoms with Crippen LogP contribution in [0.5, 0.6) is 0 Å². The van der Waals surface area contributed by atoms with E-state index in [1.807, 2.05) is 11.7 Å². The summed E-state index contributed by atoms with van der Waals surface area (Å²) in [6.07, 6.45) is 0.917. The van der Waals surface area contributed by atoms with E-state index in [1.54, 1.807) is 0 Å². The molecule has 0 bridgehead atoms. The third kappa shape index (κ3) is 1.59. The van der Waals surface area contributed by atoms with E-state index >= 15 is 0 Å². The van der Waals surface area contributed by atoms with Crippen LogP contribution in [0.15, 0.2) is 0 Å². The second kappa shape index (κ2) is 3.03. The molecule has 62 valence electrons. The highest BCUT2D eigenvalue weighted by Gasteiger charge is 2.08. The van der Waals surface area contributed by atoms with E-state index in [1.165, 1.54) is 0 Å². The molecule has 0 aliphatic rings. The average molecular weight is 153 g/mol. The van der Waals surface area contributed by atoms with Gasteiger partial charge in [0, 0.05) is 19.4 Å². The highest BCUT2D eigenvalue weighted by molar-refractivity contribution is 4.96. The molecule has 1 aromatic heterocycles. The molecular formula is C8H15N3. The minimum absolute atomic E-state index is 0.466. The second-order valence-corrected chi connectivity index (χ2v) is 3.02. The summed E-state index contributed by atoms with van der Waals surface area (Å²) in [6, 6.07) is 0. The van der Waals surface area contributed by atoms with Crippen LogP contribution in [0.1, 0.15) is 38.3 Å². The van der Waals surface area contributed by atoms with Crippen molar-refractivity contribution in [1.82, 2.24) is 14.8 Å². The van der Waals surface area contributed by atoms with E-state index in [-0.39, 0.29) is 0 Å². The molecule has 0 radical (unpaired) electrons. The van der Waals surface area contributed by atoms with Gasteiger partial charge in [-0.05, 0) is 0 Å². The van der Waals surface area contributed by atoms with Gasteiger partial charge in [0.15, 0.2) is 5.82 Å². The predicted octanol–water partition coefficient (Wildman–Crippen LogP) is 1.50. The van der Waals surface area contributed by atoms with Crippen LogP contribution < -0.4 is 0 Å². The lowest BCUT2D eigenvalue weighted by Crippen LogP contribution is -2.00. The zero-order valence-electron chi connectivity index (χ0n) is 7.63. The minimum Gasteiger partial charge on any atom is -0.253 e. The Morgan fingerprint density at radius 1 is 1.45 bits per heavy atom. The Kier molecular flexibility index (Phi) is 2.27. The molecule has 0 saturated carbocycles. The largest absolute Gasteiger partial charge is 0.253 e. The highest BCUT2D eigenvalue weighted by Crippen LogP contribution is 2.10. The van der Waals surface area contributed by atoms with E-state index in [2.05, 4.69) is 30.9 Å². The maximum atomic E-state index is 4.38. The summed E-state index contributed by atoms with van der Waals surface area (Å²) in [5, 5.41) is 4.26. The molecule has 1 aromatic rings. The molecule has 11 heavy (non-hydrogen) atoms. The second-order valence-electron chi connectivity index (χ2n) is 3.02. The van der Waals surface area contributed by atoms with Crippen LogP contribution in [0.25, 0.3) is 0 Å². The molecule has 0 atom stereocenters. The van der Waals surface area contributed by atoms with E-state index in [0.717, 1.165) is 18.1 Å². The average Bonchev–Trinajstić information content (AvgIpc) is 2.30. The topological polar surface area (TPSA) is 30.7 Å². The zero-order valence-corrected chi connectivity index (χ0v) is 7.63. The molecule has 0 N–H and O–H groups in total. The van der Waals surface area contributed by atoms with Crippen LogP contribution >= 0.6 is 0 Å². The van der Waals surface area contributed by atoms with Crippen LogP contribution in [0.4, 0.5) is 0 Å². The quantitative estimate of drug-likeness (QED) is 0.644. The Labute approximate surface area is 67.4 Å². The van der Waals surface area contributed by atoms with Gasteiger partial charge in [-0.3, -0.25) is 4.68 Å². The van der Waals surface area contributed by atoms with Crippen LogP contribution in [-0.2, 0) is 13.5 Å². The van der Waals surface area contributed by atoms with Crippen molar-refractivity contribution in [3.05, 3.63) is 11.6 Å². The molecule has 1 heterocycles. The van der Waals surface area contributed by atoms with Crippen LogP contribution in [0, 0.1) is 0 Å². The fourth-order valence-corrected chi connectivity index (χ4v) is 1.10. The molecule has 0 fully saturated rings. The Morgan fingerprint density at radius 3 is 2.36 bits per heavy atom. The highest BCUT2D eigenvalue weighted by atomic mass is 15.3. The van der Waals surface area contributed by atoms with Crippen molar-refractivity contribution in [2.24, 2.45) is 7.05 Å². The lowest BCUT2D eigenvalue weighted by Gasteiger charge is -2.00. The summed E-state index contributed by atoms with van der Waals surface area (Å²) in [5.41, 5.74) is 0. The first-order valence-electron chi connectivity index (χ1n) is 4.05. The van der Waals surface area contributed by atoms with Crippen molar-refractivity contribution in [3.63, 3.8) is 0 Å². The smallest absolute Gasteiger partial charge is 0.150 e. The van der Waals surface area contributed by atoms with Crippen molar-refractivity contribution in [3.8, 4) is 0 Å². The van der Waals surface area contributed by atoms with Gasteiger partial charge in [-0.25, -0.2) is 4.98 Å². The Balaban J connectivity index is 2.97. The third-order valence-corrected chi connectivity index (χ3v) is 1.67. The van der Waals surface area contributed by atoms with Crippen LogP contribution in [-0.4, -0.2) is 14.8 Å². The molecule has 0 unspecified atom stereocenters. The normalized spacial score (nSPS) is 11.0. The molecule has 3 nitrogen and oxygen atoms in total. The number of nitrogens with zero attached hydrogens (tertiary/aromatic N) is 3. The molecule has 0 spiro atoms. The molecule has 1 rings (SSSR count). The SMILES string of the molecule is CCc1nc(C(C)C)n(C)n1. The lowest BCUT2D eigenvalue weighted by atomic mass is 10.2. The molecule has 0 saturated heterocycles. The maximum Gasteiger partial charge on any atom is 0.150 e. The van der Waals surface area contributed by atoms with Crippen LogP contribution in [0.2, 0.25) is 0 Å². The van der Waals surface area contributed by atoms with E-state index in [0.29, 0.717) is 5.92 Å². The fourth-order valence-electron chi connectivity index (χ4n) is 1.10. The lowest BCUT2D eigenvalue weighted by molar-refractivity contribution is 0.652. The fraction of sp³-hybridized carbons (Fsp3) is 0.750. The zero-order chi connectivity index (χ0) is 8.43. The van der Waals surface area contributed by atoms with Gasteiger partial charge in [0.25, 0.3) is 0 Å². The molecule has 0 aromatic carbocycles. The van der Waals surface area contributed by atoms with Crippen molar-refractivity contribution in [2.75, 3.05) is 0 Å². The first kappa shape index (κ1) is 8.24. The predicted molar refractivity (Wildman–Crippen MR) is 44.5 cm³/mol. The van der Waals surface area contributed by atoms with Gasteiger partial charge in [0.1, 0.15) is 5.82 Å². The molecule has 0 aliphatic carbocycles. The number of rotatable bonds is 2. The minimum atomic E-state index is 0.466. The molecule has 0 aliphatic heterocycles. The van der Waals surface area contributed by atoms with Gasteiger partial charge >= 0.3 is 0 Å². The molecule has 0 amide bonds. The van der Waals surface area contributed by atoms with Crippen molar-refractivity contribution >= 4 is 0 Å². The van der Waals surface area contributed by atoms with Gasteiger partial charge in [0.05, 0.1) is 0 Å². The monoisotopic (exact) mass is 153 g/mol. The van der Waals surface area contributed by atoms with Crippen LogP contribution in [0.3, 0.4) is 0 Å².